The van der Waals surface area contributed by atoms with E-state index in [1.807, 2.05) is 0 Å². The molecule has 2 aromatic heterocycles. The van der Waals surface area contributed by atoms with Gasteiger partial charge in [0.25, 0.3) is 0 Å². The lowest BCUT2D eigenvalue weighted by atomic mass is 10.2. The molecule has 0 saturated heterocycles. The molecule has 0 bridgehead atoms. The molecule has 0 spiro atoms. The van der Waals surface area contributed by atoms with E-state index < -0.39 is 44.0 Å². The number of benzene rings is 1. The molecule has 0 saturated carbocycles. The van der Waals surface area contributed by atoms with Crippen LogP contribution in [0.2, 0.25) is 10.0 Å². The summed E-state index contributed by atoms with van der Waals surface area (Å²) in [4.78, 5) is 7.75. The fraction of sp³-hybridized carbons (Fsp3) is 0.188. The van der Waals surface area contributed by atoms with Crippen molar-refractivity contribution in [2.45, 2.75) is 18.9 Å². The van der Waals surface area contributed by atoms with Crippen LogP contribution in [0.4, 0.5) is 32.2 Å². The van der Waals surface area contributed by atoms with Gasteiger partial charge in [-0.05, 0) is 12.1 Å². The number of rotatable bonds is 4. The van der Waals surface area contributed by atoms with Crippen LogP contribution in [0.25, 0.3) is 5.69 Å². The Hall–Kier alpha value is -2.31. The van der Waals surface area contributed by atoms with E-state index in [2.05, 4.69) is 20.4 Å². The maximum Gasteiger partial charge on any atom is 0.422 e. The molecule has 0 radical (unpaired) electrons. The van der Waals surface area contributed by atoms with Gasteiger partial charge in [0.2, 0.25) is 0 Å². The first-order valence-corrected chi connectivity index (χ1v) is 9.03. The van der Waals surface area contributed by atoms with Gasteiger partial charge in [-0.3, -0.25) is 15.1 Å². The van der Waals surface area contributed by atoms with Crippen molar-refractivity contribution < 1.29 is 26.3 Å². The number of H-pyrrole nitrogens is 1. The number of aromatic amines is 1. The minimum atomic E-state index is -4.88. The van der Waals surface area contributed by atoms with Crippen LogP contribution < -0.4 is 5.32 Å². The number of hydrogen-bond acceptors (Lipinski definition) is 4. The molecule has 0 aliphatic heterocycles. The summed E-state index contributed by atoms with van der Waals surface area (Å²) in [7, 11) is 0. The topological polar surface area (TPSA) is 58.5 Å². The third kappa shape index (κ3) is 4.55. The van der Waals surface area contributed by atoms with Gasteiger partial charge in [0.15, 0.2) is 0 Å². The first-order chi connectivity index (χ1) is 13.9. The Morgan fingerprint density at radius 3 is 2.17 bits per heavy atom. The number of nitrogens with zero attached hydrogens (tertiary/aromatic N) is 3. The summed E-state index contributed by atoms with van der Waals surface area (Å²) in [6.45, 7) is -0.195. The first-order valence-electron chi connectivity index (χ1n) is 7.87. The van der Waals surface area contributed by atoms with Gasteiger partial charge in [0.1, 0.15) is 21.7 Å². The van der Waals surface area contributed by atoms with Crippen molar-refractivity contribution in [2.24, 2.45) is 0 Å². The lowest BCUT2D eigenvalue weighted by Crippen LogP contribution is -2.14. The number of halogens is 8. The van der Waals surface area contributed by atoms with Crippen LogP contribution >= 0.6 is 35.4 Å². The molecule has 14 heteroatoms. The Kier molecular flexibility index (Phi) is 6.03. The number of aromatic nitrogens is 4. The SMILES string of the molecule is FC(F)(F)c1cc(Cl)c(-n2[nH]c(=S)c(C(F)(F)F)c2NCc2cnccn2)c(Cl)c1. The van der Waals surface area contributed by atoms with E-state index in [1.165, 1.54) is 18.6 Å². The number of alkyl halides is 6. The molecule has 0 aliphatic rings. The van der Waals surface area contributed by atoms with Crippen molar-refractivity contribution in [1.29, 1.82) is 0 Å². The quantitative estimate of drug-likeness (QED) is 0.335. The third-order valence-corrected chi connectivity index (χ3v) is 4.68. The Balaban J connectivity index is 2.17. The smallest absolute Gasteiger partial charge is 0.364 e. The van der Waals surface area contributed by atoms with Crippen LogP contribution in [0.1, 0.15) is 16.8 Å². The molecule has 0 atom stereocenters. The summed E-state index contributed by atoms with van der Waals surface area (Å²) in [6.07, 6.45) is -5.59. The minimum Gasteiger partial charge on any atom is -0.364 e. The second-order valence-corrected chi connectivity index (χ2v) is 7.06. The van der Waals surface area contributed by atoms with E-state index in [4.69, 9.17) is 35.4 Å². The van der Waals surface area contributed by atoms with Crippen molar-refractivity contribution in [3.05, 3.63) is 62.2 Å². The monoisotopic (exact) mass is 487 g/mol. The van der Waals surface area contributed by atoms with Crippen LogP contribution in [-0.4, -0.2) is 19.7 Å². The van der Waals surface area contributed by atoms with Crippen molar-refractivity contribution >= 4 is 41.2 Å². The summed E-state index contributed by atoms with van der Waals surface area (Å²) >= 11 is 16.7. The third-order valence-electron chi connectivity index (χ3n) is 3.81. The highest BCUT2D eigenvalue weighted by Crippen LogP contribution is 2.42. The van der Waals surface area contributed by atoms with Gasteiger partial charge in [-0.2, -0.15) is 26.3 Å². The molecule has 0 amide bonds. The molecule has 3 aromatic rings. The van der Waals surface area contributed by atoms with E-state index in [0.717, 1.165) is 4.68 Å². The molecule has 2 heterocycles. The average molecular weight is 488 g/mol. The minimum absolute atomic E-state index is 0.195. The van der Waals surface area contributed by atoms with Crippen molar-refractivity contribution in [2.75, 3.05) is 5.32 Å². The standard InChI is InChI=1S/C16H9Cl2F6N5S/c17-9-3-7(15(19,20)21)4-10(18)12(9)29-13(11(14(30)28-29)16(22,23)24)27-6-8-5-25-1-2-26-8/h1-5,27H,6H2,(H,28,30). The summed E-state index contributed by atoms with van der Waals surface area (Å²) in [6, 6.07) is 1.11. The highest BCUT2D eigenvalue weighted by molar-refractivity contribution is 7.71. The molecule has 30 heavy (non-hydrogen) atoms. The molecule has 0 fully saturated rings. The molecular formula is C16H9Cl2F6N5S. The number of hydrogen-bond donors (Lipinski definition) is 2. The molecule has 0 aliphatic carbocycles. The summed E-state index contributed by atoms with van der Waals surface area (Å²) < 4.78 is 79.8. The van der Waals surface area contributed by atoms with Crippen LogP contribution in [0.3, 0.4) is 0 Å². The Labute approximate surface area is 179 Å². The van der Waals surface area contributed by atoms with Crippen LogP contribution in [0, 0.1) is 4.64 Å². The van der Waals surface area contributed by atoms with Crippen LogP contribution in [0.15, 0.2) is 30.7 Å². The predicted octanol–water partition coefficient (Wildman–Crippen LogP) is 6.28. The number of anilines is 1. The highest BCUT2D eigenvalue weighted by atomic mass is 35.5. The highest BCUT2D eigenvalue weighted by Gasteiger charge is 2.39. The van der Waals surface area contributed by atoms with Gasteiger partial charge < -0.3 is 5.32 Å². The maximum absolute atomic E-state index is 13.6. The van der Waals surface area contributed by atoms with E-state index in [9.17, 15) is 26.3 Å². The first kappa shape index (κ1) is 22.4. The van der Waals surface area contributed by atoms with Gasteiger partial charge in [-0.25, -0.2) is 4.68 Å². The van der Waals surface area contributed by atoms with E-state index in [-0.39, 0.29) is 12.2 Å². The largest absolute Gasteiger partial charge is 0.422 e. The zero-order valence-corrected chi connectivity index (χ0v) is 16.7. The van der Waals surface area contributed by atoms with Gasteiger partial charge in [0, 0.05) is 12.4 Å². The summed E-state index contributed by atoms with van der Waals surface area (Å²) in [5.41, 5.74) is -2.44. The zero-order valence-electron chi connectivity index (χ0n) is 14.4. The second kappa shape index (κ2) is 8.08. The van der Waals surface area contributed by atoms with E-state index in [0.29, 0.717) is 17.8 Å². The number of nitrogens with one attached hydrogen (secondary N) is 2. The molecule has 2 N–H and O–H groups in total. The molecule has 160 valence electrons. The Morgan fingerprint density at radius 1 is 1.03 bits per heavy atom. The summed E-state index contributed by atoms with van der Waals surface area (Å²) in [5.74, 6) is -0.596. The fourth-order valence-electron chi connectivity index (χ4n) is 2.57. The van der Waals surface area contributed by atoms with Gasteiger partial charge in [-0.1, -0.05) is 35.4 Å². The van der Waals surface area contributed by atoms with E-state index in [1.54, 1.807) is 0 Å². The zero-order chi connectivity index (χ0) is 22.3. The molecular weight excluding hydrogens is 479 g/mol. The van der Waals surface area contributed by atoms with E-state index >= 15 is 0 Å². The molecule has 5 nitrogen and oxygen atoms in total. The second-order valence-electron chi connectivity index (χ2n) is 5.83. The predicted molar refractivity (Wildman–Crippen MR) is 100 cm³/mol. The average Bonchev–Trinajstić information content (AvgIpc) is 2.95. The molecule has 1 aromatic carbocycles. The fourth-order valence-corrected chi connectivity index (χ4v) is 3.53. The van der Waals surface area contributed by atoms with Crippen LogP contribution in [-0.2, 0) is 18.9 Å². The van der Waals surface area contributed by atoms with Crippen LogP contribution in [0.5, 0.6) is 0 Å². The van der Waals surface area contributed by atoms with Gasteiger partial charge in [0.05, 0.1) is 34.0 Å². The van der Waals surface area contributed by atoms with Crippen molar-refractivity contribution in [1.82, 2.24) is 19.7 Å². The van der Waals surface area contributed by atoms with Crippen molar-refractivity contribution in [3.8, 4) is 5.69 Å². The Morgan fingerprint density at radius 2 is 1.67 bits per heavy atom. The van der Waals surface area contributed by atoms with Gasteiger partial charge >= 0.3 is 12.4 Å². The lowest BCUT2D eigenvalue weighted by Gasteiger charge is -2.17. The summed E-state index contributed by atoms with van der Waals surface area (Å²) in [5, 5.41) is 3.73. The van der Waals surface area contributed by atoms with Crippen molar-refractivity contribution in [3.63, 3.8) is 0 Å². The van der Waals surface area contributed by atoms with Gasteiger partial charge in [-0.15, -0.1) is 0 Å². The molecule has 3 rings (SSSR count). The Bertz CT molecular complexity index is 1100. The maximum atomic E-state index is 13.6. The normalized spacial score (nSPS) is 12.3. The lowest BCUT2D eigenvalue weighted by molar-refractivity contribution is -0.138. The molecule has 0 unspecified atom stereocenters.